The van der Waals surface area contributed by atoms with Gasteiger partial charge in [0.25, 0.3) is 0 Å². The maximum absolute atomic E-state index is 13.4. The number of aromatic nitrogens is 1. The van der Waals surface area contributed by atoms with Crippen molar-refractivity contribution in [2.75, 3.05) is 14.2 Å². The molecule has 6 rings (SSSR count). The zero-order chi connectivity index (χ0) is 27.6. The largest absolute Gasteiger partial charge is 0.497 e. The van der Waals surface area contributed by atoms with E-state index in [0.29, 0.717) is 52.0 Å². The van der Waals surface area contributed by atoms with E-state index in [1.807, 2.05) is 42.5 Å². The molecule has 4 aromatic rings. The molecule has 0 saturated heterocycles. The topological polar surface area (TPSA) is 93.2 Å². The second-order valence-corrected chi connectivity index (χ2v) is 9.31. The average molecular weight is 536 g/mol. The van der Waals surface area contributed by atoms with Crippen molar-refractivity contribution in [2.24, 2.45) is 0 Å². The summed E-state index contributed by atoms with van der Waals surface area (Å²) in [5.74, 6) is 1.69. The van der Waals surface area contributed by atoms with Crippen molar-refractivity contribution >= 4 is 17.8 Å². The molecule has 1 unspecified atom stereocenters. The molecule has 3 heterocycles. The van der Waals surface area contributed by atoms with Crippen molar-refractivity contribution in [1.29, 1.82) is 0 Å². The number of allylic oxidation sites excluding steroid dienone is 1. The van der Waals surface area contributed by atoms with E-state index in [1.165, 1.54) is 0 Å². The number of carbonyl (C=O) groups excluding carboxylic acids is 2. The molecule has 2 aliphatic rings. The third-order valence-corrected chi connectivity index (χ3v) is 6.88. The number of hydrogen-bond donors (Lipinski definition) is 0. The quantitative estimate of drug-likeness (QED) is 0.168. The first-order valence-corrected chi connectivity index (χ1v) is 12.7. The molecular formula is C32H25NO7. The van der Waals surface area contributed by atoms with Gasteiger partial charge < -0.3 is 23.7 Å². The van der Waals surface area contributed by atoms with Crippen molar-refractivity contribution in [1.82, 2.24) is 4.98 Å². The number of fused-ring (bicyclic) bond motifs is 3. The molecular weight excluding hydrogens is 510 g/mol. The van der Waals surface area contributed by atoms with Crippen molar-refractivity contribution in [3.05, 3.63) is 113 Å². The lowest BCUT2D eigenvalue weighted by molar-refractivity contribution is -0.135. The number of esters is 1. The minimum Gasteiger partial charge on any atom is -0.497 e. The van der Waals surface area contributed by atoms with Crippen LogP contribution in [0.4, 0.5) is 0 Å². The second-order valence-electron chi connectivity index (χ2n) is 9.31. The van der Waals surface area contributed by atoms with Crippen LogP contribution in [0.1, 0.15) is 45.1 Å². The zero-order valence-electron chi connectivity index (χ0n) is 21.9. The van der Waals surface area contributed by atoms with Crippen LogP contribution in [-0.4, -0.2) is 31.0 Å². The first-order valence-electron chi connectivity index (χ1n) is 12.7. The standard InChI is InChI=1S/C32H25NO7/c1-36-22-10-9-20(27(16-22)37-2)15-28-31(35)24-11-12-26-30(32(24)40-28)25(17-29(34)39-26)19-6-5-8-23(14-19)38-18-21-7-3-4-13-33-21/h3-16,25H,17-18H2,1-2H3/b28-15-. The number of ketones is 1. The van der Waals surface area contributed by atoms with Crippen molar-refractivity contribution in [3.8, 4) is 28.7 Å². The summed E-state index contributed by atoms with van der Waals surface area (Å²) in [6.45, 7) is 0.309. The van der Waals surface area contributed by atoms with Gasteiger partial charge in [-0.15, -0.1) is 0 Å². The molecule has 1 aromatic heterocycles. The third kappa shape index (κ3) is 4.75. The lowest BCUT2D eigenvalue weighted by Crippen LogP contribution is -2.21. The Morgan fingerprint density at radius 2 is 1.82 bits per heavy atom. The summed E-state index contributed by atoms with van der Waals surface area (Å²) >= 11 is 0. The Balaban J connectivity index is 1.35. The number of ether oxygens (including phenoxy) is 5. The summed E-state index contributed by atoms with van der Waals surface area (Å²) in [6, 6.07) is 21.8. The molecule has 0 fully saturated rings. The predicted molar refractivity (Wildman–Crippen MR) is 146 cm³/mol. The van der Waals surface area contributed by atoms with Crippen LogP contribution in [0.3, 0.4) is 0 Å². The fourth-order valence-corrected chi connectivity index (χ4v) is 4.93. The van der Waals surface area contributed by atoms with Crippen LogP contribution in [0.15, 0.2) is 84.8 Å². The van der Waals surface area contributed by atoms with Crippen LogP contribution in [0, 0.1) is 0 Å². The van der Waals surface area contributed by atoms with Gasteiger partial charge in [-0.2, -0.15) is 0 Å². The highest BCUT2D eigenvalue weighted by molar-refractivity contribution is 6.15. The smallest absolute Gasteiger partial charge is 0.312 e. The minimum atomic E-state index is -0.396. The second kappa shape index (κ2) is 10.6. The van der Waals surface area contributed by atoms with Gasteiger partial charge >= 0.3 is 5.97 Å². The Hall–Kier alpha value is -5.11. The molecule has 0 spiro atoms. The van der Waals surface area contributed by atoms with Gasteiger partial charge in [0.2, 0.25) is 5.78 Å². The molecule has 200 valence electrons. The summed E-state index contributed by atoms with van der Waals surface area (Å²) in [4.78, 5) is 30.3. The molecule has 8 nitrogen and oxygen atoms in total. The van der Waals surface area contributed by atoms with E-state index in [9.17, 15) is 9.59 Å². The number of rotatable bonds is 7. The molecule has 0 amide bonds. The molecule has 0 aliphatic carbocycles. The van der Waals surface area contributed by atoms with Gasteiger partial charge in [-0.25, -0.2) is 0 Å². The molecule has 0 N–H and O–H groups in total. The van der Waals surface area contributed by atoms with E-state index < -0.39 is 5.92 Å². The minimum absolute atomic E-state index is 0.0933. The molecule has 1 atom stereocenters. The van der Waals surface area contributed by atoms with Crippen LogP contribution in [0.25, 0.3) is 6.08 Å². The summed E-state index contributed by atoms with van der Waals surface area (Å²) in [6.07, 6.45) is 3.45. The van der Waals surface area contributed by atoms with Gasteiger partial charge in [0.05, 0.1) is 31.9 Å². The van der Waals surface area contributed by atoms with E-state index in [0.717, 1.165) is 11.3 Å². The maximum Gasteiger partial charge on any atom is 0.312 e. The number of methoxy groups -OCH3 is 2. The molecule has 40 heavy (non-hydrogen) atoms. The number of pyridine rings is 1. The zero-order valence-corrected chi connectivity index (χ0v) is 21.9. The lowest BCUT2D eigenvalue weighted by atomic mass is 9.84. The van der Waals surface area contributed by atoms with Gasteiger partial charge in [-0.3, -0.25) is 14.6 Å². The monoisotopic (exact) mass is 535 g/mol. The van der Waals surface area contributed by atoms with Gasteiger partial charge in [0.1, 0.15) is 35.4 Å². The van der Waals surface area contributed by atoms with E-state index in [4.69, 9.17) is 23.7 Å². The van der Waals surface area contributed by atoms with E-state index in [-0.39, 0.29) is 23.9 Å². The van der Waals surface area contributed by atoms with E-state index >= 15 is 0 Å². The number of Topliss-reactive ketones (excluding diaryl/α,β-unsaturated/α-hetero) is 1. The lowest BCUT2D eigenvalue weighted by Gasteiger charge is -2.26. The Morgan fingerprint density at radius 1 is 0.925 bits per heavy atom. The van der Waals surface area contributed by atoms with Crippen molar-refractivity contribution in [2.45, 2.75) is 18.9 Å². The fourth-order valence-electron chi connectivity index (χ4n) is 4.93. The Labute approximate surface area is 230 Å². The highest BCUT2D eigenvalue weighted by atomic mass is 16.5. The van der Waals surface area contributed by atoms with Crippen LogP contribution < -0.4 is 23.7 Å². The Kier molecular flexibility index (Phi) is 6.66. The average Bonchev–Trinajstić information content (AvgIpc) is 3.31. The number of carbonyl (C=O) groups is 2. The summed E-state index contributed by atoms with van der Waals surface area (Å²) < 4.78 is 28.5. The van der Waals surface area contributed by atoms with Crippen molar-refractivity contribution in [3.63, 3.8) is 0 Å². The van der Waals surface area contributed by atoms with Gasteiger partial charge in [0, 0.05) is 29.3 Å². The van der Waals surface area contributed by atoms with Crippen LogP contribution in [-0.2, 0) is 11.4 Å². The molecule has 2 aliphatic heterocycles. The number of nitrogens with zero attached hydrogens (tertiary/aromatic N) is 1. The predicted octanol–water partition coefficient (Wildman–Crippen LogP) is 5.74. The molecule has 0 bridgehead atoms. The first-order chi connectivity index (χ1) is 19.5. The highest BCUT2D eigenvalue weighted by Crippen LogP contribution is 2.49. The summed E-state index contributed by atoms with van der Waals surface area (Å²) in [7, 11) is 3.12. The van der Waals surface area contributed by atoms with Crippen molar-refractivity contribution < 1.29 is 33.3 Å². The summed E-state index contributed by atoms with van der Waals surface area (Å²) in [5, 5.41) is 0. The molecule has 3 aromatic carbocycles. The molecule has 0 radical (unpaired) electrons. The fraction of sp³-hybridized carbons (Fsp3) is 0.156. The molecule has 8 heteroatoms. The number of hydrogen-bond acceptors (Lipinski definition) is 8. The van der Waals surface area contributed by atoms with Gasteiger partial charge in [0.15, 0.2) is 5.76 Å². The van der Waals surface area contributed by atoms with Crippen LogP contribution >= 0.6 is 0 Å². The van der Waals surface area contributed by atoms with Crippen LogP contribution in [0.5, 0.6) is 28.7 Å². The maximum atomic E-state index is 13.4. The third-order valence-electron chi connectivity index (χ3n) is 6.88. The first kappa shape index (κ1) is 25.2. The van der Waals surface area contributed by atoms with Gasteiger partial charge in [-0.1, -0.05) is 18.2 Å². The number of benzene rings is 3. The van der Waals surface area contributed by atoms with Crippen LogP contribution in [0.2, 0.25) is 0 Å². The van der Waals surface area contributed by atoms with Gasteiger partial charge in [-0.05, 0) is 60.2 Å². The van der Waals surface area contributed by atoms with E-state index in [1.54, 1.807) is 56.8 Å². The highest BCUT2D eigenvalue weighted by Gasteiger charge is 2.38. The Morgan fingerprint density at radius 3 is 2.62 bits per heavy atom. The molecule has 0 saturated carbocycles. The van der Waals surface area contributed by atoms with E-state index in [2.05, 4.69) is 4.98 Å². The SMILES string of the molecule is COc1ccc(/C=C2\Oc3c(ccc4c3C(c3cccc(OCc5ccccn5)c3)CC(=O)O4)C2=O)c(OC)c1. The Bertz CT molecular complexity index is 1640. The normalized spacial score (nSPS) is 16.6. The summed E-state index contributed by atoms with van der Waals surface area (Å²) in [5.41, 5.74) is 3.36.